The number of rotatable bonds is 7. The number of nitrogens with one attached hydrogen (secondary N) is 1. The number of sulfonamides is 1. The van der Waals surface area contributed by atoms with Crippen LogP contribution in [0.5, 0.6) is 0 Å². The van der Waals surface area contributed by atoms with E-state index < -0.39 is 22.1 Å². The molecule has 0 spiro atoms. The number of methoxy groups -OCH3 is 1. The molecule has 0 aliphatic rings. The van der Waals surface area contributed by atoms with Gasteiger partial charge in [0.15, 0.2) is 0 Å². The van der Waals surface area contributed by atoms with Crippen molar-refractivity contribution < 1.29 is 22.7 Å². The lowest BCUT2D eigenvalue weighted by Crippen LogP contribution is -2.30. The molecule has 0 aliphatic carbocycles. The van der Waals surface area contributed by atoms with E-state index in [1.807, 2.05) is 30.3 Å². The van der Waals surface area contributed by atoms with E-state index in [0.717, 1.165) is 9.13 Å². The van der Waals surface area contributed by atoms with Crippen LogP contribution in [0.2, 0.25) is 0 Å². The molecule has 6 nitrogen and oxygen atoms in total. The Morgan fingerprint density at radius 2 is 1.81 bits per heavy atom. The minimum atomic E-state index is -3.72. The standard InChI is InChI=1S/C19H18INO5S/c1-25-19(22)13-17(10-7-15-5-3-2-4-6-15)26-14-21-27(23,24)18-11-8-16(20)9-12-18/h2-6,8-9,11-12,17,21H,13-14H2,1H3/t17-/m1/s1. The van der Waals surface area contributed by atoms with E-state index in [1.165, 1.54) is 19.2 Å². The second-order valence-corrected chi connectivity index (χ2v) is 8.33. The molecule has 8 heteroatoms. The number of carbonyl (C=O) groups is 1. The monoisotopic (exact) mass is 499 g/mol. The predicted molar refractivity (Wildman–Crippen MR) is 109 cm³/mol. The Hall–Kier alpha value is -1.93. The second kappa shape index (κ2) is 10.4. The molecule has 0 saturated carbocycles. The number of hydrogen-bond donors (Lipinski definition) is 1. The molecule has 27 heavy (non-hydrogen) atoms. The summed E-state index contributed by atoms with van der Waals surface area (Å²) in [6, 6.07) is 15.6. The predicted octanol–water partition coefficient (Wildman–Crippen LogP) is 2.53. The maximum Gasteiger partial charge on any atom is 0.309 e. The Morgan fingerprint density at radius 3 is 2.44 bits per heavy atom. The van der Waals surface area contributed by atoms with Crippen LogP contribution in [0.25, 0.3) is 0 Å². The van der Waals surface area contributed by atoms with E-state index >= 15 is 0 Å². The molecule has 1 N–H and O–H groups in total. The third kappa shape index (κ3) is 7.30. The van der Waals surface area contributed by atoms with Crippen LogP contribution in [0, 0.1) is 15.4 Å². The first kappa shape index (κ1) is 21.4. The van der Waals surface area contributed by atoms with Crippen LogP contribution in [-0.2, 0) is 24.3 Å². The van der Waals surface area contributed by atoms with Crippen LogP contribution >= 0.6 is 22.6 Å². The van der Waals surface area contributed by atoms with Gasteiger partial charge >= 0.3 is 5.97 Å². The molecule has 2 aromatic rings. The maximum atomic E-state index is 12.3. The normalized spacial score (nSPS) is 11.9. The highest BCUT2D eigenvalue weighted by atomic mass is 127. The van der Waals surface area contributed by atoms with Gasteiger partial charge in [-0.1, -0.05) is 30.0 Å². The number of benzene rings is 2. The average molecular weight is 499 g/mol. The van der Waals surface area contributed by atoms with E-state index in [2.05, 4.69) is 43.9 Å². The van der Waals surface area contributed by atoms with E-state index in [4.69, 9.17) is 4.74 Å². The van der Waals surface area contributed by atoms with Crippen molar-refractivity contribution in [2.45, 2.75) is 17.4 Å². The van der Waals surface area contributed by atoms with E-state index in [0.29, 0.717) is 0 Å². The average Bonchev–Trinajstić information content (AvgIpc) is 2.67. The zero-order valence-electron chi connectivity index (χ0n) is 14.5. The van der Waals surface area contributed by atoms with Crippen molar-refractivity contribution in [1.82, 2.24) is 4.72 Å². The first-order valence-corrected chi connectivity index (χ1v) is 10.5. The summed E-state index contributed by atoms with van der Waals surface area (Å²) in [5, 5.41) is 0. The van der Waals surface area contributed by atoms with Gasteiger partial charge in [0, 0.05) is 9.13 Å². The Bertz CT molecular complexity index is 918. The summed E-state index contributed by atoms with van der Waals surface area (Å²) in [6.45, 7) is -0.320. The van der Waals surface area contributed by atoms with Gasteiger partial charge in [-0.3, -0.25) is 4.79 Å². The molecule has 0 aliphatic heterocycles. The SMILES string of the molecule is COC(=O)C[C@@H](C#Cc1ccccc1)OCNS(=O)(=O)c1ccc(I)cc1. The summed E-state index contributed by atoms with van der Waals surface area (Å²) >= 11 is 2.09. The maximum absolute atomic E-state index is 12.3. The first-order chi connectivity index (χ1) is 12.9. The van der Waals surface area contributed by atoms with Gasteiger partial charge in [-0.05, 0) is 59.0 Å². The summed E-state index contributed by atoms with van der Waals surface area (Å²) < 4.78 is 37.9. The third-order valence-corrected chi connectivity index (χ3v) is 5.50. The van der Waals surface area contributed by atoms with Gasteiger partial charge in [0.2, 0.25) is 10.0 Å². The summed E-state index contributed by atoms with van der Waals surface area (Å²) in [7, 11) is -2.45. The van der Waals surface area contributed by atoms with Gasteiger partial charge < -0.3 is 9.47 Å². The minimum Gasteiger partial charge on any atom is -0.469 e. The summed E-state index contributed by atoms with van der Waals surface area (Å²) in [5.41, 5.74) is 0.760. The zero-order chi connectivity index (χ0) is 19.7. The number of esters is 1. The fraction of sp³-hybridized carbons (Fsp3) is 0.211. The molecular formula is C19H18INO5S. The van der Waals surface area contributed by atoms with E-state index in [-0.39, 0.29) is 18.0 Å². The van der Waals surface area contributed by atoms with Crippen molar-refractivity contribution in [3.8, 4) is 11.8 Å². The van der Waals surface area contributed by atoms with Crippen molar-refractivity contribution >= 4 is 38.6 Å². The molecule has 0 fully saturated rings. The van der Waals surface area contributed by atoms with Crippen molar-refractivity contribution in [2.24, 2.45) is 0 Å². The van der Waals surface area contributed by atoms with Crippen molar-refractivity contribution in [3.63, 3.8) is 0 Å². The smallest absolute Gasteiger partial charge is 0.309 e. The Labute approximate surface area is 172 Å². The Morgan fingerprint density at radius 1 is 1.15 bits per heavy atom. The largest absolute Gasteiger partial charge is 0.469 e. The molecule has 142 valence electrons. The number of halogens is 1. The van der Waals surface area contributed by atoms with E-state index in [9.17, 15) is 13.2 Å². The fourth-order valence-corrected chi connectivity index (χ4v) is 3.22. The van der Waals surface area contributed by atoms with Gasteiger partial charge in [-0.25, -0.2) is 8.42 Å². The summed E-state index contributed by atoms with van der Waals surface area (Å²) in [5.74, 6) is 5.23. The van der Waals surface area contributed by atoms with Crippen LogP contribution < -0.4 is 4.72 Å². The van der Waals surface area contributed by atoms with Gasteiger partial charge in [0.05, 0.1) is 18.4 Å². The van der Waals surface area contributed by atoms with Crippen molar-refractivity contribution in [3.05, 3.63) is 63.7 Å². The van der Waals surface area contributed by atoms with Gasteiger partial charge in [-0.15, -0.1) is 0 Å². The quantitative estimate of drug-likeness (QED) is 0.274. The second-order valence-electron chi connectivity index (χ2n) is 5.32. The third-order valence-electron chi connectivity index (χ3n) is 3.39. The van der Waals surface area contributed by atoms with Crippen molar-refractivity contribution in [2.75, 3.05) is 13.8 Å². The van der Waals surface area contributed by atoms with Crippen molar-refractivity contribution in [1.29, 1.82) is 0 Å². The molecule has 0 radical (unpaired) electrons. The molecule has 1 atom stereocenters. The highest BCUT2D eigenvalue weighted by molar-refractivity contribution is 14.1. The van der Waals surface area contributed by atoms with Gasteiger partial charge in [-0.2, -0.15) is 4.72 Å². The molecular weight excluding hydrogens is 481 g/mol. The van der Waals surface area contributed by atoms with Gasteiger partial charge in [0.1, 0.15) is 12.8 Å². The number of carbonyl (C=O) groups excluding carboxylic acids is 1. The van der Waals surface area contributed by atoms with Gasteiger partial charge in [0.25, 0.3) is 0 Å². The van der Waals surface area contributed by atoms with Crippen LogP contribution in [0.4, 0.5) is 0 Å². The van der Waals surface area contributed by atoms with E-state index in [1.54, 1.807) is 12.1 Å². The molecule has 0 saturated heterocycles. The molecule has 0 bridgehead atoms. The molecule has 0 amide bonds. The van der Waals surface area contributed by atoms with Crippen LogP contribution in [-0.4, -0.2) is 34.3 Å². The number of ether oxygens (including phenoxy) is 2. The molecule has 2 rings (SSSR count). The highest BCUT2D eigenvalue weighted by Gasteiger charge is 2.16. The van der Waals surface area contributed by atoms with Crippen LogP contribution in [0.1, 0.15) is 12.0 Å². The Kier molecular flexibility index (Phi) is 8.24. The molecule has 0 heterocycles. The highest BCUT2D eigenvalue weighted by Crippen LogP contribution is 2.12. The summed E-state index contributed by atoms with van der Waals surface area (Å²) in [6.07, 6.45) is -0.918. The summed E-state index contributed by atoms with van der Waals surface area (Å²) in [4.78, 5) is 11.7. The zero-order valence-corrected chi connectivity index (χ0v) is 17.5. The molecule has 2 aromatic carbocycles. The lowest BCUT2D eigenvalue weighted by molar-refractivity contribution is -0.142. The van der Waals surface area contributed by atoms with Crippen LogP contribution in [0.3, 0.4) is 0 Å². The van der Waals surface area contributed by atoms with Crippen LogP contribution in [0.15, 0.2) is 59.5 Å². The topological polar surface area (TPSA) is 81.7 Å². The molecule has 0 unspecified atom stereocenters. The first-order valence-electron chi connectivity index (χ1n) is 7.91. The molecule has 0 aromatic heterocycles. The lowest BCUT2D eigenvalue weighted by atomic mass is 10.2. The number of hydrogen-bond acceptors (Lipinski definition) is 5. The lowest BCUT2D eigenvalue weighted by Gasteiger charge is -2.12. The minimum absolute atomic E-state index is 0.110. The fourth-order valence-electron chi connectivity index (χ4n) is 1.98. The Balaban J connectivity index is 2.01.